The quantitative estimate of drug-likeness (QED) is 0.514. The lowest BCUT2D eigenvalue weighted by Crippen LogP contribution is -2.43. The Balaban J connectivity index is 1.44. The number of carbonyl (C=O) groups is 1. The van der Waals surface area contributed by atoms with Crippen LogP contribution in [-0.2, 0) is 7.05 Å². The first-order valence-corrected chi connectivity index (χ1v) is 9.97. The van der Waals surface area contributed by atoms with Crippen molar-refractivity contribution in [1.82, 2.24) is 24.4 Å². The molecule has 158 valence electrons. The minimum atomic E-state index is -0.462. The zero-order chi connectivity index (χ0) is 21.4. The van der Waals surface area contributed by atoms with E-state index in [0.29, 0.717) is 11.2 Å². The number of rotatable bonds is 4. The van der Waals surface area contributed by atoms with Crippen molar-refractivity contribution >= 4 is 28.3 Å². The molecular weight excluding hydrogens is 398 g/mol. The Labute approximate surface area is 177 Å². The van der Waals surface area contributed by atoms with Crippen molar-refractivity contribution in [2.75, 3.05) is 36.4 Å². The number of hydrogen-bond donors (Lipinski definition) is 2. The molecule has 1 fully saturated rings. The third-order valence-corrected chi connectivity index (χ3v) is 5.37. The molecule has 3 aromatic heterocycles. The van der Waals surface area contributed by atoms with Gasteiger partial charge in [0.25, 0.3) is 5.91 Å². The van der Waals surface area contributed by atoms with Crippen molar-refractivity contribution in [3.63, 3.8) is 0 Å². The average Bonchev–Trinajstić information content (AvgIpc) is 3.38. The van der Waals surface area contributed by atoms with Crippen LogP contribution in [0.3, 0.4) is 0 Å². The molecule has 0 radical (unpaired) electrons. The molecule has 0 atom stereocenters. The minimum Gasteiger partial charge on any atom is -0.418 e. The molecule has 4 heterocycles. The number of pyridine rings is 1. The number of aryl methyl sites for hydroxylation is 1. The lowest BCUT2D eigenvalue weighted by atomic mass is 10.2. The molecular formula is C21H21N7O3. The van der Waals surface area contributed by atoms with E-state index < -0.39 is 5.91 Å². The number of nitrogens with one attached hydrogen (secondary N) is 2. The maximum absolute atomic E-state index is 12.9. The Hall–Kier alpha value is -3.92. The van der Waals surface area contributed by atoms with Crippen molar-refractivity contribution in [3.05, 3.63) is 65.2 Å². The molecule has 1 aliphatic rings. The SMILES string of the molecule is Cn1c(=O)n(-c2ncc(C(=O)Nc3cnccc3N3CCNCC3)o2)c2ccccc21. The Morgan fingerprint density at radius 2 is 1.90 bits per heavy atom. The molecule has 0 aliphatic carbocycles. The van der Waals surface area contributed by atoms with Gasteiger partial charge in [-0.1, -0.05) is 12.1 Å². The van der Waals surface area contributed by atoms with Gasteiger partial charge in [0.15, 0.2) is 0 Å². The number of carbonyl (C=O) groups excluding carboxylic acids is 1. The molecule has 0 saturated carbocycles. The van der Waals surface area contributed by atoms with Crippen molar-refractivity contribution in [2.24, 2.45) is 7.05 Å². The standard InChI is InChI=1S/C21H21N7O3/c1-26-16-4-2-3-5-17(16)28(21(26)30)20-24-13-18(31-20)19(29)25-14-12-23-7-6-15(14)27-10-8-22-9-11-27/h2-7,12-13,22H,8-11H2,1H3,(H,25,29). The van der Waals surface area contributed by atoms with Crippen LogP contribution in [0.15, 0.2) is 58.1 Å². The Morgan fingerprint density at radius 3 is 2.71 bits per heavy atom. The van der Waals surface area contributed by atoms with Crippen LogP contribution in [0.25, 0.3) is 17.0 Å². The molecule has 1 aromatic carbocycles. The highest BCUT2D eigenvalue weighted by Gasteiger charge is 2.21. The summed E-state index contributed by atoms with van der Waals surface area (Å²) in [6.45, 7) is 3.43. The second-order valence-corrected chi connectivity index (χ2v) is 7.26. The summed E-state index contributed by atoms with van der Waals surface area (Å²) in [7, 11) is 1.68. The first-order chi connectivity index (χ1) is 15.1. The Kier molecular flexibility index (Phi) is 4.75. The lowest BCUT2D eigenvalue weighted by Gasteiger charge is -2.30. The van der Waals surface area contributed by atoms with Gasteiger partial charge >= 0.3 is 11.7 Å². The van der Waals surface area contributed by atoms with E-state index in [1.165, 1.54) is 15.3 Å². The highest BCUT2D eigenvalue weighted by Crippen LogP contribution is 2.26. The lowest BCUT2D eigenvalue weighted by molar-refractivity contribution is 0.0996. The number of fused-ring (bicyclic) bond motifs is 1. The van der Waals surface area contributed by atoms with E-state index in [0.717, 1.165) is 37.4 Å². The molecule has 0 unspecified atom stereocenters. The summed E-state index contributed by atoms with van der Waals surface area (Å²) in [4.78, 5) is 36.0. The van der Waals surface area contributed by atoms with Gasteiger partial charge in [0.2, 0.25) is 5.76 Å². The number of amides is 1. The second-order valence-electron chi connectivity index (χ2n) is 7.26. The van der Waals surface area contributed by atoms with Gasteiger partial charge in [-0.05, 0) is 18.2 Å². The first-order valence-electron chi connectivity index (χ1n) is 9.97. The summed E-state index contributed by atoms with van der Waals surface area (Å²) in [6, 6.07) is 9.24. The maximum atomic E-state index is 12.9. The highest BCUT2D eigenvalue weighted by molar-refractivity contribution is 6.04. The molecule has 0 spiro atoms. The number of aromatic nitrogens is 4. The number of imidazole rings is 1. The fraction of sp³-hybridized carbons (Fsp3) is 0.238. The number of piperazine rings is 1. The summed E-state index contributed by atoms with van der Waals surface area (Å²) in [5.41, 5.74) is 2.58. The molecule has 1 amide bonds. The third-order valence-electron chi connectivity index (χ3n) is 5.37. The highest BCUT2D eigenvalue weighted by atomic mass is 16.4. The van der Waals surface area contributed by atoms with Crippen LogP contribution >= 0.6 is 0 Å². The molecule has 31 heavy (non-hydrogen) atoms. The van der Waals surface area contributed by atoms with E-state index in [9.17, 15) is 9.59 Å². The maximum Gasteiger partial charge on any atom is 0.337 e. The number of oxazole rings is 1. The number of hydrogen-bond acceptors (Lipinski definition) is 7. The fourth-order valence-electron chi connectivity index (χ4n) is 3.80. The molecule has 10 heteroatoms. The predicted octanol–water partition coefficient (Wildman–Crippen LogP) is 1.37. The second kappa shape index (κ2) is 7.73. The normalized spacial score (nSPS) is 14.2. The van der Waals surface area contributed by atoms with Crippen LogP contribution in [0.2, 0.25) is 0 Å². The Morgan fingerprint density at radius 1 is 1.13 bits per heavy atom. The zero-order valence-corrected chi connectivity index (χ0v) is 16.9. The van der Waals surface area contributed by atoms with E-state index in [4.69, 9.17) is 4.42 Å². The molecule has 0 bridgehead atoms. The summed E-state index contributed by atoms with van der Waals surface area (Å²) in [5.74, 6) is -0.457. The van der Waals surface area contributed by atoms with Gasteiger partial charge in [0.1, 0.15) is 0 Å². The smallest absolute Gasteiger partial charge is 0.337 e. The van der Waals surface area contributed by atoms with Crippen molar-refractivity contribution < 1.29 is 9.21 Å². The van der Waals surface area contributed by atoms with Crippen LogP contribution in [-0.4, -0.2) is 51.2 Å². The molecule has 10 nitrogen and oxygen atoms in total. The van der Waals surface area contributed by atoms with Crippen molar-refractivity contribution in [1.29, 1.82) is 0 Å². The number of anilines is 2. The van der Waals surface area contributed by atoms with Gasteiger partial charge in [-0.15, -0.1) is 0 Å². The molecule has 5 rings (SSSR count). The van der Waals surface area contributed by atoms with E-state index in [1.54, 1.807) is 25.5 Å². The first kappa shape index (κ1) is 19.1. The van der Waals surface area contributed by atoms with Gasteiger partial charge in [0.05, 0.1) is 34.8 Å². The average molecular weight is 419 g/mol. The van der Waals surface area contributed by atoms with Gasteiger partial charge < -0.3 is 20.0 Å². The third kappa shape index (κ3) is 3.36. The van der Waals surface area contributed by atoms with E-state index in [-0.39, 0.29) is 17.5 Å². The summed E-state index contributed by atoms with van der Waals surface area (Å²) >= 11 is 0. The van der Waals surface area contributed by atoms with Crippen molar-refractivity contribution in [3.8, 4) is 6.01 Å². The van der Waals surface area contributed by atoms with Crippen LogP contribution in [0.1, 0.15) is 10.6 Å². The van der Waals surface area contributed by atoms with Gasteiger partial charge in [-0.25, -0.2) is 14.3 Å². The minimum absolute atomic E-state index is 0.00458. The van der Waals surface area contributed by atoms with E-state index >= 15 is 0 Å². The topological polar surface area (TPSA) is 110 Å². The van der Waals surface area contributed by atoms with Crippen LogP contribution in [0, 0.1) is 0 Å². The summed E-state index contributed by atoms with van der Waals surface area (Å²) in [5, 5.41) is 6.17. The molecule has 1 saturated heterocycles. The van der Waals surface area contributed by atoms with Gasteiger partial charge in [-0.3, -0.25) is 14.3 Å². The van der Waals surface area contributed by atoms with Crippen LogP contribution in [0.4, 0.5) is 11.4 Å². The summed E-state index contributed by atoms with van der Waals surface area (Å²) in [6.07, 6.45) is 4.63. The van der Waals surface area contributed by atoms with Crippen molar-refractivity contribution in [2.45, 2.75) is 0 Å². The van der Waals surface area contributed by atoms with Gasteiger partial charge in [-0.2, -0.15) is 0 Å². The predicted molar refractivity (Wildman–Crippen MR) is 116 cm³/mol. The molecule has 1 aliphatic heterocycles. The zero-order valence-electron chi connectivity index (χ0n) is 16.9. The van der Waals surface area contributed by atoms with Crippen LogP contribution < -0.4 is 21.2 Å². The summed E-state index contributed by atoms with van der Waals surface area (Å²) < 4.78 is 8.53. The largest absolute Gasteiger partial charge is 0.418 e. The van der Waals surface area contributed by atoms with Gasteiger partial charge in [0, 0.05) is 39.4 Å². The monoisotopic (exact) mass is 419 g/mol. The van der Waals surface area contributed by atoms with Crippen LogP contribution in [0.5, 0.6) is 0 Å². The fourth-order valence-corrected chi connectivity index (χ4v) is 3.80. The van der Waals surface area contributed by atoms with E-state index in [2.05, 4.69) is 25.5 Å². The number of benzene rings is 1. The molecule has 2 N–H and O–H groups in total. The number of para-hydroxylation sites is 2. The van der Waals surface area contributed by atoms with E-state index in [1.807, 2.05) is 24.3 Å². The molecule has 4 aromatic rings. The number of nitrogens with zero attached hydrogens (tertiary/aromatic N) is 5. The Bertz CT molecular complexity index is 1310.